The molecule has 7 heteroatoms. The number of halogens is 1. The van der Waals surface area contributed by atoms with Crippen molar-refractivity contribution in [3.05, 3.63) is 16.1 Å². The Kier molecular flexibility index (Phi) is 8.13. The van der Waals surface area contributed by atoms with Crippen LogP contribution in [0.3, 0.4) is 0 Å². The molecule has 0 unspecified atom stereocenters. The highest BCUT2D eigenvalue weighted by molar-refractivity contribution is 14.0. The van der Waals surface area contributed by atoms with Gasteiger partial charge in [0.1, 0.15) is 5.01 Å². The number of thiazole rings is 1. The maximum Gasteiger partial charge on any atom is 0.194 e. The number of aryl methyl sites for hydroxylation is 1. The van der Waals surface area contributed by atoms with Crippen molar-refractivity contribution in [1.82, 2.24) is 15.2 Å². The molecule has 0 aromatic carbocycles. The first-order valence-corrected chi connectivity index (χ1v) is 10.6. The van der Waals surface area contributed by atoms with Gasteiger partial charge >= 0.3 is 0 Å². The molecule has 1 spiro atoms. The summed E-state index contributed by atoms with van der Waals surface area (Å²) in [5, 5.41) is 4.60. The van der Waals surface area contributed by atoms with Crippen LogP contribution in [-0.4, -0.2) is 46.0 Å². The second kappa shape index (κ2) is 9.62. The second-order valence-corrected chi connectivity index (χ2v) is 9.43. The largest absolute Gasteiger partial charge is 0.357 e. The van der Waals surface area contributed by atoms with Crippen LogP contribution in [0.15, 0.2) is 11.2 Å². The Labute approximate surface area is 171 Å². The van der Waals surface area contributed by atoms with Crippen molar-refractivity contribution in [3.8, 4) is 0 Å². The van der Waals surface area contributed by atoms with E-state index in [4.69, 9.17) is 4.99 Å². The third-order valence-electron chi connectivity index (χ3n) is 4.68. The molecule has 0 radical (unpaired) electrons. The number of nitrogens with one attached hydrogen (secondary N) is 1. The summed E-state index contributed by atoms with van der Waals surface area (Å²) in [4.78, 5) is 13.1. The zero-order valence-electron chi connectivity index (χ0n) is 14.7. The zero-order valence-corrected chi connectivity index (χ0v) is 18.7. The molecule has 1 saturated heterocycles. The first-order valence-electron chi connectivity index (χ1n) is 8.79. The fraction of sp³-hybridized carbons (Fsp3) is 0.765. The smallest absolute Gasteiger partial charge is 0.194 e. The minimum Gasteiger partial charge on any atom is -0.357 e. The maximum atomic E-state index is 4.87. The van der Waals surface area contributed by atoms with Crippen molar-refractivity contribution in [1.29, 1.82) is 0 Å². The van der Waals surface area contributed by atoms with Gasteiger partial charge in [0.25, 0.3) is 0 Å². The number of hydrogen-bond acceptors (Lipinski definition) is 4. The van der Waals surface area contributed by atoms with Gasteiger partial charge in [-0.3, -0.25) is 0 Å². The average molecular weight is 480 g/mol. The monoisotopic (exact) mass is 480 g/mol. The van der Waals surface area contributed by atoms with Gasteiger partial charge in [-0.05, 0) is 26.7 Å². The van der Waals surface area contributed by atoms with Crippen LogP contribution in [0, 0.1) is 6.92 Å². The van der Waals surface area contributed by atoms with Crippen molar-refractivity contribution >= 4 is 53.0 Å². The van der Waals surface area contributed by atoms with Crippen molar-refractivity contribution in [2.75, 3.05) is 25.4 Å². The van der Waals surface area contributed by atoms with Gasteiger partial charge in [-0.2, -0.15) is 11.8 Å². The Morgan fingerprint density at radius 2 is 2.17 bits per heavy atom. The summed E-state index contributed by atoms with van der Waals surface area (Å²) >= 11 is 3.96. The van der Waals surface area contributed by atoms with Gasteiger partial charge in [0.05, 0.1) is 6.54 Å². The third kappa shape index (κ3) is 5.24. The summed E-state index contributed by atoms with van der Waals surface area (Å²) in [5.41, 5.74) is 0. The van der Waals surface area contributed by atoms with Crippen LogP contribution in [0.4, 0.5) is 0 Å². The zero-order chi connectivity index (χ0) is 16.1. The minimum atomic E-state index is 0. The predicted molar refractivity (Wildman–Crippen MR) is 117 cm³/mol. The summed E-state index contributed by atoms with van der Waals surface area (Å²) in [5.74, 6) is 2.30. The highest BCUT2D eigenvalue weighted by Crippen LogP contribution is 2.42. The number of thioether (sulfide) groups is 1. The third-order valence-corrected chi connectivity index (χ3v) is 7.11. The van der Waals surface area contributed by atoms with Crippen molar-refractivity contribution in [2.45, 2.75) is 57.2 Å². The second-order valence-electron chi connectivity index (χ2n) is 6.55. The minimum absolute atomic E-state index is 0. The topological polar surface area (TPSA) is 40.5 Å². The van der Waals surface area contributed by atoms with Gasteiger partial charge in [-0.25, -0.2) is 9.98 Å². The highest BCUT2D eigenvalue weighted by Gasteiger charge is 2.38. The van der Waals surface area contributed by atoms with Gasteiger partial charge in [0, 0.05) is 41.2 Å². The molecule has 136 valence electrons. The molecule has 24 heavy (non-hydrogen) atoms. The van der Waals surface area contributed by atoms with E-state index < -0.39 is 0 Å². The lowest BCUT2D eigenvalue weighted by molar-refractivity contribution is 0.293. The normalized spacial score (nSPS) is 20.8. The molecule has 2 heterocycles. The lowest BCUT2D eigenvalue weighted by Crippen LogP contribution is -2.53. The lowest BCUT2D eigenvalue weighted by atomic mass is 9.87. The highest BCUT2D eigenvalue weighted by atomic mass is 127. The number of hydrogen-bond donors (Lipinski definition) is 1. The number of aromatic nitrogens is 1. The van der Waals surface area contributed by atoms with E-state index in [2.05, 4.69) is 40.8 Å². The van der Waals surface area contributed by atoms with Crippen LogP contribution in [-0.2, 0) is 6.54 Å². The quantitative estimate of drug-likeness (QED) is 0.398. The number of guanidine groups is 1. The number of nitrogens with zero attached hydrogens (tertiary/aromatic N) is 3. The van der Waals surface area contributed by atoms with Crippen LogP contribution >= 0.6 is 47.1 Å². The molecular formula is C17H29IN4S2. The van der Waals surface area contributed by atoms with Crippen molar-refractivity contribution in [2.24, 2.45) is 4.99 Å². The molecule has 0 bridgehead atoms. The van der Waals surface area contributed by atoms with Crippen LogP contribution in [0.2, 0.25) is 0 Å². The predicted octanol–water partition coefficient (Wildman–Crippen LogP) is 4.29. The first-order chi connectivity index (χ1) is 11.2. The summed E-state index contributed by atoms with van der Waals surface area (Å²) < 4.78 is 0.477. The molecule has 1 aliphatic carbocycles. The van der Waals surface area contributed by atoms with E-state index in [1.165, 1.54) is 42.7 Å². The molecule has 0 atom stereocenters. The van der Waals surface area contributed by atoms with E-state index in [1.54, 1.807) is 11.3 Å². The van der Waals surface area contributed by atoms with Gasteiger partial charge in [0.2, 0.25) is 0 Å². The Morgan fingerprint density at radius 3 is 2.83 bits per heavy atom. The van der Waals surface area contributed by atoms with Crippen LogP contribution in [0.5, 0.6) is 0 Å². The summed E-state index contributed by atoms with van der Waals surface area (Å²) in [6, 6.07) is 0. The van der Waals surface area contributed by atoms with Crippen LogP contribution in [0.25, 0.3) is 0 Å². The molecule has 1 aromatic heterocycles. The maximum absolute atomic E-state index is 4.87. The van der Waals surface area contributed by atoms with Gasteiger partial charge in [-0.15, -0.1) is 35.3 Å². The summed E-state index contributed by atoms with van der Waals surface area (Å²) in [6.45, 7) is 8.13. The summed E-state index contributed by atoms with van der Waals surface area (Å²) in [7, 11) is 0. The van der Waals surface area contributed by atoms with E-state index >= 15 is 0 Å². The molecule has 1 aromatic rings. The lowest BCUT2D eigenvalue weighted by Gasteiger charge is -2.45. The number of rotatable bonds is 3. The molecule has 2 fully saturated rings. The molecular weight excluding hydrogens is 451 g/mol. The molecule has 1 N–H and O–H groups in total. The average Bonchev–Trinajstić information content (AvgIpc) is 2.98. The number of aliphatic imine (C=N–C) groups is 1. The van der Waals surface area contributed by atoms with E-state index in [1.807, 2.05) is 6.20 Å². The molecule has 0 amide bonds. The molecule has 3 rings (SSSR count). The van der Waals surface area contributed by atoms with Crippen molar-refractivity contribution < 1.29 is 0 Å². The summed E-state index contributed by atoms with van der Waals surface area (Å²) in [6.07, 6.45) is 8.90. The van der Waals surface area contributed by atoms with E-state index in [0.717, 1.165) is 30.6 Å². The van der Waals surface area contributed by atoms with Gasteiger partial charge in [-0.1, -0.05) is 19.3 Å². The molecule has 4 nitrogen and oxygen atoms in total. The Morgan fingerprint density at radius 1 is 1.38 bits per heavy atom. The van der Waals surface area contributed by atoms with Gasteiger partial charge in [0.15, 0.2) is 5.96 Å². The van der Waals surface area contributed by atoms with Crippen molar-refractivity contribution in [3.63, 3.8) is 0 Å². The van der Waals surface area contributed by atoms with Crippen LogP contribution in [0.1, 0.15) is 48.9 Å². The van der Waals surface area contributed by atoms with Crippen LogP contribution < -0.4 is 5.32 Å². The Balaban J connectivity index is 0.00000208. The molecule has 1 saturated carbocycles. The fourth-order valence-electron chi connectivity index (χ4n) is 3.57. The Bertz CT molecular complexity index is 535. The first kappa shape index (κ1) is 20.3. The van der Waals surface area contributed by atoms with Gasteiger partial charge < -0.3 is 10.2 Å². The Hall–Kier alpha value is -0.0200. The SMILES string of the molecule is CCNC(=NCc1ncc(C)s1)N1CCSC2(CCCCC2)C1.I. The fourth-order valence-corrected chi connectivity index (χ4v) is 5.85. The van der Waals surface area contributed by atoms with E-state index in [0.29, 0.717) is 11.3 Å². The molecule has 2 aliphatic rings. The van der Waals surface area contributed by atoms with E-state index in [9.17, 15) is 0 Å². The molecule has 1 aliphatic heterocycles. The van der Waals surface area contributed by atoms with E-state index in [-0.39, 0.29) is 24.0 Å². The standard InChI is InChI=1S/C17H28N4S2.HI/c1-3-18-16(20-12-15-19-11-14(2)23-15)21-9-10-22-17(13-21)7-5-4-6-8-17;/h11H,3-10,12-13H2,1-2H3,(H,18,20);1H.